The molecule has 2 aromatic heterocycles. The number of carbonyl (C=O) groups is 1. The molecule has 0 atom stereocenters. The monoisotopic (exact) mass is 431 g/mol. The van der Waals surface area contributed by atoms with E-state index in [9.17, 15) is 9.90 Å². The molecule has 1 saturated carbocycles. The standard InChI is InChI=1S/C24H22FN5O2/c1-24(32)11-15(12-24)30-22(26)18(23(27)31)21(29-30)16-9-7-14-8-10-17(28-20(14)19(16)25)13-5-3-2-4-6-13/h2-10,15,32H,11-12,26H2,1H3,(H2,27,31). The number of primary amides is 1. The van der Waals surface area contributed by atoms with Crippen molar-refractivity contribution in [1.82, 2.24) is 14.8 Å². The Labute approximate surface area is 183 Å². The van der Waals surface area contributed by atoms with E-state index < -0.39 is 17.3 Å². The van der Waals surface area contributed by atoms with Crippen LogP contribution in [0.2, 0.25) is 0 Å². The number of aliphatic hydroxyl groups is 1. The van der Waals surface area contributed by atoms with Gasteiger partial charge in [0, 0.05) is 16.5 Å². The second kappa shape index (κ2) is 7.13. The van der Waals surface area contributed by atoms with Crippen molar-refractivity contribution >= 4 is 22.6 Å². The molecule has 5 rings (SSSR count). The first-order valence-electron chi connectivity index (χ1n) is 10.3. The molecule has 0 spiro atoms. The summed E-state index contributed by atoms with van der Waals surface area (Å²) in [5.74, 6) is -1.33. The summed E-state index contributed by atoms with van der Waals surface area (Å²) < 4.78 is 17.2. The number of carbonyl (C=O) groups excluding carboxylic acids is 1. The Bertz CT molecular complexity index is 1360. The third kappa shape index (κ3) is 3.20. The van der Waals surface area contributed by atoms with E-state index in [1.54, 1.807) is 25.1 Å². The number of anilines is 1. The van der Waals surface area contributed by atoms with Crippen molar-refractivity contribution in [3.05, 3.63) is 66.0 Å². The van der Waals surface area contributed by atoms with Crippen LogP contribution in [0.3, 0.4) is 0 Å². The summed E-state index contributed by atoms with van der Waals surface area (Å²) in [7, 11) is 0. The van der Waals surface area contributed by atoms with E-state index >= 15 is 4.39 Å². The van der Waals surface area contributed by atoms with Crippen molar-refractivity contribution in [1.29, 1.82) is 0 Å². The Morgan fingerprint density at radius 2 is 1.84 bits per heavy atom. The summed E-state index contributed by atoms with van der Waals surface area (Å²) >= 11 is 0. The third-order valence-electron chi connectivity index (χ3n) is 6.02. The van der Waals surface area contributed by atoms with Crippen molar-refractivity contribution in [2.24, 2.45) is 5.73 Å². The van der Waals surface area contributed by atoms with E-state index in [4.69, 9.17) is 11.5 Å². The van der Waals surface area contributed by atoms with Gasteiger partial charge in [0.05, 0.1) is 17.3 Å². The number of pyridine rings is 1. The lowest BCUT2D eigenvalue weighted by Gasteiger charge is -2.41. The summed E-state index contributed by atoms with van der Waals surface area (Å²) in [5.41, 5.74) is 12.7. The molecule has 5 N–H and O–H groups in total. The average Bonchev–Trinajstić information content (AvgIpc) is 3.09. The minimum absolute atomic E-state index is 0.0333. The van der Waals surface area contributed by atoms with Crippen LogP contribution in [-0.4, -0.2) is 31.4 Å². The summed E-state index contributed by atoms with van der Waals surface area (Å²) in [6.45, 7) is 1.72. The maximum absolute atomic E-state index is 15.7. The Kier molecular flexibility index (Phi) is 4.49. The molecule has 8 heteroatoms. The zero-order chi connectivity index (χ0) is 22.6. The first kappa shape index (κ1) is 20.1. The highest BCUT2D eigenvalue weighted by molar-refractivity contribution is 6.04. The first-order chi connectivity index (χ1) is 15.2. The topological polar surface area (TPSA) is 120 Å². The molecule has 4 aromatic rings. The van der Waals surface area contributed by atoms with Crippen molar-refractivity contribution in [3.63, 3.8) is 0 Å². The molecule has 162 valence electrons. The summed E-state index contributed by atoms with van der Waals surface area (Å²) in [4.78, 5) is 16.7. The van der Waals surface area contributed by atoms with Gasteiger partial charge in [0.1, 0.15) is 22.6 Å². The van der Waals surface area contributed by atoms with Gasteiger partial charge >= 0.3 is 0 Å². The smallest absolute Gasteiger partial charge is 0.254 e. The number of aromatic nitrogens is 3. The Balaban J connectivity index is 1.66. The molecule has 1 aliphatic rings. The second-order valence-electron chi connectivity index (χ2n) is 8.54. The van der Waals surface area contributed by atoms with Crippen LogP contribution < -0.4 is 11.5 Å². The quantitative estimate of drug-likeness (QED) is 0.455. The molecule has 0 unspecified atom stereocenters. The van der Waals surface area contributed by atoms with Crippen molar-refractivity contribution < 1.29 is 14.3 Å². The lowest BCUT2D eigenvalue weighted by Crippen LogP contribution is -2.42. The van der Waals surface area contributed by atoms with Gasteiger partial charge in [-0.25, -0.2) is 14.1 Å². The van der Waals surface area contributed by atoms with Crippen LogP contribution in [0.1, 0.15) is 36.2 Å². The molecule has 0 radical (unpaired) electrons. The van der Waals surface area contributed by atoms with Gasteiger partial charge in [-0.3, -0.25) is 4.79 Å². The van der Waals surface area contributed by atoms with Gasteiger partial charge < -0.3 is 16.6 Å². The van der Waals surface area contributed by atoms with Gasteiger partial charge in [0.2, 0.25) is 0 Å². The zero-order valence-corrected chi connectivity index (χ0v) is 17.4. The molecule has 32 heavy (non-hydrogen) atoms. The minimum atomic E-state index is -0.817. The molecule has 1 aliphatic carbocycles. The van der Waals surface area contributed by atoms with Crippen molar-refractivity contribution in [2.45, 2.75) is 31.4 Å². The molecular formula is C24H22FN5O2. The fourth-order valence-corrected chi connectivity index (χ4v) is 4.39. The van der Waals surface area contributed by atoms with Gasteiger partial charge in [-0.2, -0.15) is 5.10 Å². The summed E-state index contributed by atoms with van der Waals surface area (Å²) in [6.07, 6.45) is 0.859. The highest BCUT2D eigenvalue weighted by Crippen LogP contribution is 2.43. The van der Waals surface area contributed by atoms with Crippen LogP contribution in [0.25, 0.3) is 33.4 Å². The normalized spacial score (nSPS) is 20.3. The molecule has 0 bridgehead atoms. The molecule has 0 saturated heterocycles. The number of nitrogens with two attached hydrogens (primary N) is 2. The highest BCUT2D eigenvalue weighted by Gasteiger charge is 2.42. The third-order valence-corrected chi connectivity index (χ3v) is 6.02. The molecule has 7 nitrogen and oxygen atoms in total. The van der Waals surface area contributed by atoms with E-state index in [0.717, 1.165) is 5.56 Å². The summed E-state index contributed by atoms with van der Waals surface area (Å²) in [5, 5.41) is 15.1. The highest BCUT2D eigenvalue weighted by atomic mass is 19.1. The molecule has 2 aromatic carbocycles. The lowest BCUT2D eigenvalue weighted by molar-refractivity contribution is -0.0535. The predicted octanol–water partition coefficient (Wildman–Crippen LogP) is 3.67. The number of rotatable bonds is 4. The van der Waals surface area contributed by atoms with Crippen LogP contribution in [0.15, 0.2) is 54.6 Å². The SMILES string of the molecule is CC1(O)CC(n2nc(-c3ccc4ccc(-c5ccccc5)nc4c3F)c(C(N)=O)c2N)C1. The number of hydrogen-bond donors (Lipinski definition) is 3. The first-order valence-corrected chi connectivity index (χ1v) is 10.3. The number of fused-ring (bicyclic) bond motifs is 1. The predicted molar refractivity (Wildman–Crippen MR) is 120 cm³/mol. The minimum Gasteiger partial charge on any atom is -0.390 e. The van der Waals surface area contributed by atoms with Crippen molar-refractivity contribution in [2.75, 3.05) is 5.73 Å². The van der Waals surface area contributed by atoms with Crippen LogP contribution in [-0.2, 0) is 0 Å². The van der Waals surface area contributed by atoms with E-state index in [1.807, 2.05) is 36.4 Å². The molecule has 1 amide bonds. The van der Waals surface area contributed by atoms with Crippen LogP contribution >= 0.6 is 0 Å². The van der Waals surface area contributed by atoms with Crippen LogP contribution in [0, 0.1) is 5.82 Å². The average molecular weight is 431 g/mol. The fraction of sp³-hybridized carbons (Fsp3) is 0.208. The molecule has 1 fully saturated rings. The van der Waals surface area contributed by atoms with Gasteiger partial charge in [-0.1, -0.05) is 42.5 Å². The van der Waals surface area contributed by atoms with Crippen LogP contribution in [0.4, 0.5) is 10.2 Å². The van der Waals surface area contributed by atoms with Gasteiger partial charge in [0.15, 0.2) is 5.82 Å². The molecule has 2 heterocycles. The number of nitrogens with zero attached hydrogens (tertiary/aromatic N) is 3. The number of nitrogen functional groups attached to an aromatic ring is 1. The lowest BCUT2D eigenvalue weighted by atomic mass is 9.77. The number of benzene rings is 2. The Morgan fingerprint density at radius 3 is 2.50 bits per heavy atom. The second-order valence-corrected chi connectivity index (χ2v) is 8.54. The fourth-order valence-electron chi connectivity index (χ4n) is 4.39. The Morgan fingerprint density at radius 1 is 1.16 bits per heavy atom. The maximum Gasteiger partial charge on any atom is 0.254 e. The van der Waals surface area contributed by atoms with Gasteiger partial charge in [0.25, 0.3) is 5.91 Å². The van der Waals surface area contributed by atoms with Gasteiger partial charge in [-0.05, 0) is 31.9 Å². The van der Waals surface area contributed by atoms with E-state index in [0.29, 0.717) is 23.9 Å². The number of hydrogen-bond acceptors (Lipinski definition) is 5. The summed E-state index contributed by atoms with van der Waals surface area (Å²) in [6, 6.07) is 16.2. The van der Waals surface area contributed by atoms with E-state index in [-0.39, 0.29) is 34.2 Å². The molecular weight excluding hydrogens is 409 g/mol. The largest absolute Gasteiger partial charge is 0.390 e. The number of amides is 1. The molecule has 0 aliphatic heterocycles. The maximum atomic E-state index is 15.7. The van der Waals surface area contributed by atoms with Crippen LogP contribution in [0.5, 0.6) is 0 Å². The van der Waals surface area contributed by atoms with E-state index in [1.165, 1.54) is 4.68 Å². The van der Waals surface area contributed by atoms with Gasteiger partial charge in [-0.15, -0.1) is 0 Å². The van der Waals surface area contributed by atoms with E-state index in [2.05, 4.69) is 10.1 Å². The van der Waals surface area contributed by atoms with Crippen molar-refractivity contribution in [3.8, 4) is 22.5 Å². The number of halogens is 1. The Hall–Kier alpha value is -3.78. The zero-order valence-electron chi connectivity index (χ0n) is 17.4.